The minimum Gasteiger partial charge on any atom is -0.238 e. The predicted molar refractivity (Wildman–Crippen MR) is 35.8 cm³/mol. The number of hydrogen-bond acceptors (Lipinski definition) is 2. The third kappa shape index (κ3) is 0.793. The van der Waals surface area contributed by atoms with Gasteiger partial charge in [0.15, 0.2) is 5.51 Å². The smallest absolute Gasteiger partial charge is 0.153 e. The van der Waals surface area contributed by atoms with Crippen LogP contribution in [0.4, 0.5) is 0 Å². The van der Waals surface area contributed by atoms with Crippen LogP contribution in [0.2, 0.25) is 0 Å². The lowest BCUT2D eigenvalue weighted by molar-refractivity contribution is 1.25. The van der Waals surface area contributed by atoms with Crippen molar-refractivity contribution >= 4 is 17.4 Å². The summed E-state index contributed by atoms with van der Waals surface area (Å²) in [7, 11) is 0. The monoisotopic (exact) mass is 124 g/mol. The molecule has 1 aromatic rings. The molecular weight excluding hydrogens is 118 g/mol. The molecule has 0 N–H and O–H groups in total. The van der Waals surface area contributed by atoms with Gasteiger partial charge in [0.25, 0.3) is 0 Å². The molecule has 1 heterocycles. The first-order valence-electron chi connectivity index (χ1n) is 2.30. The largest absolute Gasteiger partial charge is 0.238 e. The molecule has 1 nitrogen and oxygen atoms in total. The molecule has 1 aromatic heterocycles. The Bertz CT molecular complexity index is 190. The van der Waals surface area contributed by atoms with Crippen molar-refractivity contribution in [2.24, 2.45) is 0 Å². The van der Waals surface area contributed by atoms with Gasteiger partial charge in [0.1, 0.15) is 0 Å². The lowest BCUT2D eigenvalue weighted by Gasteiger charge is -1.80. The molecule has 8 heavy (non-hydrogen) atoms. The zero-order valence-electron chi connectivity index (χ0n) is 4.64. The van der Waals surface area contributed by atoms with Crippen molar-refractivity contribution in [2.75, 3.05) is 0 Å². The van der Waals surface area contributed by atoms with Crippen LogP contribution in [-0.4, -0.2) is 4.98 Å². The summed E-state index contributed by atoms with van der Waals surface area (Å²) in [4.78, 5) is 5.03. The highest BCUT2D eigenvalue weighted by molar-refractivity contribution is 7.10. The van der Waals surface area contributed by atoms with Crippen molar-refractivity contribution in [2.45, 2.75) is 6.92 Å². The van der Waals surface area contributed by atoms with E-state index in [2.05, 4.69) is 17.1 Å². The Morgan fingerprint density at radius 1 is 1.88 bits per heavy atom. The predicted octanol–water partition coefficient (Wildman–Crippen LogP) is 1.89. The highest BCUT2D eigenvalue weighted by atomic mass is 32.1. The first kappa shape index (κ1) is 5.51. The van der Waals surface area contributed by atoms with E-state index >= 15 is 0 Å². The number of aromatic nitrogens is 1. The third-order valence-corrected chi connectivity index (χ3v) is 1.78. The second-order valence-corrected chi connectivity index (χ2v) is 2.29. The summed E-state index contributed by atoms with van der Waals surface area (Å²) in [6.07, 6.45) is 1.80. The van der Waals surface area contributed by atoms with Gasteiger partial charge in [0.2, 0.25) is 0 Å². The molecule has 0 unspecified atom stereocenters. The van der Waals surface area contributed by atoms with E-state index in [0.717, 1.165) is 10.6 Å². The Kier molecular flexibility index (Phi) is 1.44. The van der Waals surface area contributed by atoms with Crippen LogP contribution in [0.5, 0.6) is 0 Å². The standard InChI is InChI=1S/C6H6NS/c1-3-6-5(2)7-4-8-6/h3H,1H2,2H3. The molecule has 41 valence electrons. The normalized spacial score (nSPS) is 9.12. The molecule has 0 atom stereocenters. The molecule has 0 aromatic carbocycles. The molecule has 0 saturated carbocycles. The van der Waals surface area contributed by atoms with Crippen LogP contribution in [0.25, 0.3) is 6.08 Å². The molecule has 0 spiro atoms. The second-order valence-electron chi connectivity index (χ2n) is 1.46. The van der Waals surface area contributed by atoms with Crippen LogP contribution >= 0.6 is 11.3 Å². The SMILES string of the molecule is C=Cc1s[c]nc1C. The maximum atomic E-state index is 3.91. The van der Waals surface area contributed by atoms with E-state index in [0.29, 0.717) is 0 Å². The summed E-state index contributed by atoms with van der Waals surface area (Å²) in [5.41, 5.74) is 3.79. The Hall–Kier alpha value is -0.630. The van der Waals surface area contributed by atoms with Crippen molar-refractivity contribution in [1.29, 1.82) is 0 Å². The average molecular weight is 124 g/mol. The van der Waals surface area contributed by atoms with Crippen molar-refractivity contribution in [1.82, 2.24) is 4.98 Å². The maximum Gasteiger partial charge on any atom is 0.153 e. The summed E-state index contributed by atoms with van der Waals surface area (Å²) < 4.78 is 0. The molecule has 0 aliphatic heterocycles. The van der Waals surface area contributed by atoms with Gasteiger partial charge in [-0.1, -0.05) is 12.7 Å². The van der Waals surface area contributed by atoms with E-state index in [4.69, 9.17) is 0 Å². The molecule has 0 saturated heterocycles. The molecule has 1 radical (unpaired) electrons. The van der Waals surface area contributed by atoms with E-state index in [1.165, 1.54) is 11.3 Å². The van der Waals surface area contributed by atoms with Crippen molar-refractivity contribution in [3.63, 3.8) is 0 Å². The van der Waals surface area contributed by atoms with Crippen LogP contribution < -0.4 is 0 Å². The summed E-state index contributed by atoms with van der Waals surface area (Å²) in [6.45, 7) is 5.56. The highest BCUT2D eigenvalue weighted by Gasteiger charge is 1.92. The number of rotatable bonds is 1. The molecule has 0 amide bonds. The first-order valence-corrected chi connectivity index (χ1v) is 3.12. The van der Waals surface area contributed by atoms with Crippen LogP contribution in [0.3, 0.4) is 0 Å². The zero-order chi connectivity index (χ0) is 5.98. The fourth-order valence-corrected chi connectivity index (χ4v) is 1.02. The van der Waals surface area contributed by atoms with Crippen molar-refractivity contribution < 1.29 is 0 Å². The van der Waals surface area contributed by atoms with Crippen LogP contribution in [0, 0.1) is 12.4 Å². The summed E-state index contributed by atoms with van der Waals surface area (Å²) >= 11 is 1.50. The van der Waals surface area contributed by atoms with E-state index in [1.54, 1.807) is 6.08 Å². The first-order chi connectivity index (χ1) is 3.84. The van der Waals surface area contributed by atoms with Gasteiger partial charge in [0, 0.05) is 4.88 Å². The minimum absolute atomic E-state index is 1.02. The van der Waals surface area contributed by atoms with E-state index in [1.807, 2.05) is 6.92 Å². The van der Waals surface area contributed by atoms with E-state index in [9.17, 15) is 0 Å². The lowest BCUT2D eigenvalue weighted by atomic mass is 10.4. The number of thiazole rings is 1. The molecular formula is C6H6NS. The zero-order valence-corrected chi connectivity index (χ0v) is 5.46. The lowest BCUT2D eigenvalue weighted by Crippen LogP contribution is -1.69. The van der Waals surface area contributed by atoms with E-state index < -0.39 is 0 Å². The number of nitrogens with zero attached hydrogens (tertiary/aromatic N) is 1. The Morgan fingerprint density at radius 3 is 2.88 bits per heavy atom. The topological polar surface area (TPSA) is 12.9 Å². The van der Waals surface area contributed by atoms with Crippen LogP contribution in [-0.2, 0) is 0 Å². The Morgan fingerprint density at radius 2 is 2.62 bits per heavy atom. The fraction of sp³-hybridized carbons (Fsp3) is 0.167. The fourth-order valence-electron chi connectivity index (χ4n) is 0.459. The van der Waals surface area contributed by atoms with Crippen LogP contribution in [0.1, 0.15) is 10.6 Å². The molecule has 0 bridgehead atoms. The second kappa shape index (κ2) is 2.09. The van der Waals surface area contributed by atoms with Crippen molar-refractivity contribution in [3.05, 3.63) is 22.7 Å². The van der Waals surface area contributed by atoms with Gasteiger partial charge in [-0.05, 0) is 6.92 Å². The molecule has 0 aliphatic carbocycles. The van der Waals surface area contributed by atoms with Gasteiger partial charge in [-0.25, -0.2) is 4.98 Å². The Labute approximate surface area is 52.7 Å². The maximum absolute atomic E-state index is 3.91. The number of hydrogen-bond donors (Lipinski definition) is 0. The molecule has 0 aliphatic rings. The van der Waals surface area contributed by atoms with Gasteiger partial charge < -0.3 is 0 Å². The summed E-state index contributed by atoms with van der Waals surface area (Å²) in [5, 5.41) is 0. The molecule has 0 fully saturated rings. The molecule has 2 heteroatoms. The Balaban J connectivity index is 3.09. The quantitative estimate of drug-likeness (QED) is 0.557. The van der Waals surface area contributed by atoms with Gasteiger partial charge in [-0.15, -0.1) is 11.3 Å². The van der Waals surface area contributed by atoms with Gasteiger partial charge in [-0.3, -0.25) is 0 Å². The van der Waals surface area contributed by atoms with Gasteiger partial charge >= 0.3 is 0 Å². The van der Waals surface area contributed by atoms with Crippen molar-refractivity contribution in [3.8, 4) is 0 Å². The van der Waals surface area contributed by atoms with Gasteiger partial charge in [0.05, 0.1) is 5.69 Å². The average Bonchev–Trinajstić information content (AvgIpc) is 2.14. The highest BCUT2D eigenvalue weighted by Crippen LogP contribution is 2.11. The minimum atomic E-state index is 1.02. The van der Waals surface area contributed by atoms with E-state index in [-0.39, 0.29) is 0 Å². The molecule has 1 rings (SSSR count). The number of aryl methyl sites for hydroxylation is 1. The van der Waals surface area contributed by atoms with Crippen LogP contribution in [0.15, 0.2) is 6.58 Å². The third-order valence-electron chi connectivity index (χ3n) is 0.911. The summed E-state index contributed by atoms with van der Waals surface area (Å²) in [6, 6.07) is 0. The van der Waals surface area contributed by atoms with Gasteiger partial charge in [-0.2, -0.15) is 0 Å². The summed E-state index contributed by atoms with van der Waals surface area (Å²) in [5.74, 6) is 0.